The molecule has 0 unspecified atom stereocenters. The summed E-state index contributed by atoms with van der Waals surface area (Å²) in [6.07, 6.45) is -3.56. The van der Waals surface area contributed by atoms with E-state index in [2.05, 4.69) is 4.98 Å². The molecule has 7 heteroatoms. The van der Waals surface area contributed by atoms with Gasteiger partial charge in [0.05, 0.1) is 11.3 Å². The minimum Gasteiger partial charge on any atom is -0.333 e. The molecule has 0 radical (unpaired) electrons. The molecule has 0 aliphatic rings. The van der Waals surface area contributed by atoms with Gasteiger partial charge in [-0.1, -0.05) is 30.3 Å². The zero-order valence-corrected chi connectivity index (χ0v) is 14.4. The average molecular weight is 361 g/mol. The van der Waals surface area contributed by atoms with Crippen LogP contribution in [0.15, 0.2) is 48.7 Å². The molecular weight excluding hydrogens is 343 g/mol. The first kappa shape index (κ1) is 18.0. The fourth-order valence-electron chi connectivity index (χ4n) is 2.87. The molecule has 0 fully saturated rings. The Bertz CT molecular complexity index is 932. The number of pyridine rings is 1. The summed E-state index contributed by atoms with van der Waals surface area (Å²) < 4.78 is 40.3. The Morgan fingerprint density at radius 1 is 1.15 bits per heavy atom. The van der Waals surface area contributed by atoms with Gasteiger partial charge in [-0.05, 0) is 31.5 Å². The highest BCUT2D eigenvalue weighted by atomic mass is 19.4. The zero-order valence-electron chi connectivity index (χ0n) is 14.4. The van der Waals surface area contributed by atoms with E-state index >= 15 is 0 Å². The Morgan fingerprint density at radius 3 is 2.46 bits per heavy atom. The predicted molar refractivity (Wildman–Crippen MR) is 91.8 cm³/mol. The van der Waals surface area contributed by atoms with Gasteiger partial charge in [-0.2, -0.15) is 13.2 Å². The molecule has 1 aromatic carbocycles. The number of fused-ring (bicyclic) bond motifs is 1. The molecule has 0 spiro atoms. The average Bonchev–Trinajstić information content (AvgIpc) is 2.94. The van der Waals surface area contributed by atoms with E-state index < -0.39 is 11.7 Å². The smallest absolute Gasteiger partial charge is 0.333 e. The normalized spacial score (nSPS) is 11.7. The highest BCUT2D eigenvalue weighted by molar-refractivity contribution is 5.94. The van der Waals surface area contributed by atoms with Crippen LogP contribution in [0.2, 0.25) is 0 Å². The van der Waals surface area contributed by atoms with Gasteiger partial charge in [0.15, 0.2) is 0 Å². The van der Waals surface area contributed by atoms with Crippen molar-refractivity contribution in [2.45, 2.75) is 26.6 Å². The number of alkyl halides is 3. The third-order valence-electron chi connectivity index (χ3n) is 4.21. The lowest BCUT2D eigenvalue weighted by molar-refractivity contribution is -0.137. The fourth-order valence-corrected chi connectivity index (χ4v) is 2.87. The second kappa shape index (κ2) is 6.82. The van der Waals surface area contributed by atoms with Crippen molar-refractivity contribution in [3.8, 4) is 0 Å². The predicted octanol–water partition coefficient (Wildman–Crippen LogP) is 4.32. The van der Waals surface area contributed by atoms with Crippen molar-refractivity contribution >= 4 is 11.6 Å². The van der Waals surface area contributed by atoms with E-state index in [0.717, 1.165) is 17.8 Å². The van der Waals surface area contributed by atoms with Crippen LogP contribution in [0.3, 0.4) is 0 Å². The lowest BCUT2D eigenvalue weighted by Gasteiger charge is -2.21. The molecule has 3 aromatic rings. The van der Waals surface area contributed by atoms with Gasteiger partial charge >= 0.3 is 6.18 Å². The Labute approximate surface area is 148 Å². The summed E-state index contributed by atoms with van der Waals surface area (Å²) in [7, 11) is 0. The highest BCUT2D eigenvalue weighted by Crippen LogP contribution is 2.30. The molecule has 0 aliphatic heterocycles. The molecule has 0 saturated heterocycles. The van der Waals surface area contributed by atoms with Crippen molar-refractivity contribution in [2.75, 3.05) is 6.54 Å². The number of carbonyl (C=O) groups is 1. The first-order chi connectivity index (χ1) is 12.3. The molecule has 0 N–H and O–H groups in total. The van der Waals surface area contributed by atoms with Crippen molar-refractivity contribution in [3.05, 3.63) is 71.2 Å². The van der Waals surface area contributed by atoms with Gasteiger partial charge in [-0.15, -0.1) is 0 Å². The van der Waals surface area contributed by atoms with E-state index in [1.54, 1.807) is 11.8 Å². The summed E-state index contributed by atoms with van der Waals surface area (Å²) in [6, 6.07) is 11.7. The molecule has 26 heavy (non-hydrogen) atoms. The number of carbonyl (C=O) groups excluding carboxylic acids is 1. The lowest BCUT2D eigenvalue weighted by atomic mass is 10.2. The number of aryl methyl sites for hydroxylation is 1. The second-order valence-electron chi connectivity index (χ2n) is 5.99. The van der Waals surface area contributed by atoms with Gasteiger partial charge in [0.2, 0.25) is 0 Å². The van der Waals surface area contributed by atoms with Crippen molar-refractivity contribution in [2.24, 2.45) is 0 Å². The topological polar surface area (TPSA) is 37.6 Å². The third-order valence-corrected chi connectivity index (χ3v) is 4.21. The largest absolute Gasteiger partial charge is 0.417 e. The van der Waals surface area contributed by atoms with Gasteiger partial charge in [0.25, 0.3) is 5.91 Å². The van der Waals surface area contributed by atoms with Crippen molar-refractivity contribution in [1.29, 1.82) is 0 Å². The van der Waals surface area contributed by atoms with E-state index in [9.17, 15) is 18.0 Å². The van der Waals surface area contributed by atoms with E-state index in [0.29, 0.717) is 24.4 Å². The molecule has 3 rings (SSSR count). The van der Waals surface area contributed by atoms with Crippen LogP contribution < -0.4 is 0 Å². The number of halogens is 3. The van der Waals surface area contributed by atoms with Crippen LogP contribution in [0, 0.1) is 6.92 Å². The molecule has 4 nitrogen and oxygen atoms in total. The first-order valence-corrected chi connectivity index (χ1v) is 8.20. The maximum Gasteiger partial charge on any atom is 0.417 e. The SMILES string of the molecule is CCN(Cc1ccccc1)C(=O)c1c(C)nc2ccc(C(F)(F)F)cn12. The maximum atomic E-state index is 13.0. The molecule has 0 aliphatic carbocycles. The summed E-state index contributed by atoms with van der Waals surface area (Å²) in [5, 5.41) is 0. The summed E-state index contributed by atoms with van der Waals surface area (Å²) in [5.74, 6) is -0.347. The third kappa shape index (κ3) is 3.42. The van der Waals surface area contributed by atoms with Crippen LogP contribution >= 0.6 is 0 Å². The molecule has 0 saturated carbocycles. The van der Waals surface area contributed by atoms with Crippen LogP contribution in [-0.4, -0.2) is 26.7 Å². The van der Waals surface area contributed by atoms with Crippen LogP contribution in [0.5, 0.6) is 0 Å². The number of hydrogen-bond donors (Lipinski definition) is 0. The number of imidazole rings is 1. The Hall–Kier alpha value is -2.83. The summed E-state index contributed by atoms with van der Waals surface area (Å²) in [5.41, 5.74) is 1.01. The van der Waals surface area contributed by atoms with Gasteiger partial charge in [0.1, 0.15) is 11.3 Å². The van der Waals surface area contributed by atoms with Crippen LogP contribution in [0.4, 0.5) is 13.2 Å². The van der Waals surface area contributed by atoms with E-state index in [-0.39, 0.29) is 11.6 Å². The molecule has 136 valence electrons. The number of aromatic nitrogens is 2. The Balaban J connectivity index is 2.02. The Kier molecular flexibility index (Phi) is 4.71. The van der Waals surface area contributed by atoms with Crippen LogP contribution in [0.1, 0.15) is 34.2 Å². The van der Waals surface area contributed by atoms with Crippen LogP contribution in [-0.2, 0) is 12.7 Å². The Morgan fingerprint density at radius 2 is 1.85 bits per heavy atom. The van der Waals surface area contributed by atoms with Gasteiger partial charge in [0, 0.05) is 19.3 Å². The molecule has 1 amide bonds. The van der Waals surface area contributed by atoms with E-state index in [1.807, 2.05) is 37.3 Å². The number of benzene rings is 1. The number of hydrogen-bond acceptors (Lipinski definition) is 2. The fraction of sp³-hybridized carbons (Fsp3) is 0.263. The van der Waals surface area contributed by atoms with Gasteiger partial charge < -0.3 is 4.90 Å². The molecule has 2 heterocycles. The van der Waals surface area contributed by atoms with E-state index in [4.69, 9.17) is 0 Å². The van der Waals surface area contributed by atoms with Gasteiger partial charge in [-0.25, -0.2) is 4.98 Å². The summed E-state index contributed by atoms with van der Waals surface area (Å²) >= 11 is 0. The number of nitrogens with zero attached hydrogens (tertiary/aromatic N) is 3. The lowest BCUT2D eigenvalue weighted by Crippen LogP contribution is -2.31. The minimum absolute atomic E-state index is 0.156. The van der Waals surface area contributed by atoms with Gasteiger partial charge in [-0.3, -0.25) is 9.20 Å². The summed E-state index contributed by atoms with van der Waals surface area (Å²) in [6.45, 7) is 4.27. The molecule has 0 atom stereocenters. The maximum absolute atomic E-state index is 13.0. The molecule has 2 aromatic heterocycles. The molecular formula is C19H18F3N3O. The number of rotatable bonds is 4. The first-order valence-electron chi connectivity index (χ1n) is 8.20. The monoisotopic (exact) mass is 361 g/mol. The quantitative estimate of drug-likeness (QED) is 0.694. The summed E-state index contributed by atoms with van der Waals surface area (Å²) in [4.78, 5) is 18.8. The number of amides is 1. The van der Waals surface area contributed by atoms with E-state index in [1.165, 1.54) is 10.5 Å². The van der Waals surface area contributed by atoms with Crippen LogP contribution in [0.25, 0.3) is 5.65 Å². The standard InChI is InChI=1S/C19H18F3N3O/c1-3-24(11-14-7-5-4-6-8-14)18(26)17-13(2)23-16-10-9-15(12-25(16)17)19(20,21)22/h4-10,12H,3,11H2,1-2H3. The van der Waals surface area contributed by atoms with Crippen molar-refractivity contribution in [1.82, 2.24) is 14.3 Å². The van der Waals surface area contributed by atoms with Crippen molar-refractivity contribution < 1.29 is 18.0 Å². The zero-order chi connectivity index (χ0) is 18.9. The minimum atomic E-state index is -4.48. The highest BCUT2D eigenvalue weighted by Gasteiger charge is 2.32. The molecule has 0 bridgehead atoms. The second-order valence-corrected chi connectivity index (χ2v) is 5.99. The van der Waals surface area contributed by atoms with Crippen molar-refractivity contribution in [3.63, 3.8) is 0 Å².